The summed E-state index contributed by atoms with van der Waals surface area (Å²) in [5.41, 5.74) is 2.12. The topological polar surface area (TPSA) is 99.8 Å². The van der Waals surface area contributed by atoms with Gasteiger partial charge in [0.2, 0.25) is 0 Å². The lowest BCUT2D eigenvalue weighted by Crippen LogP contribution is -2.14. The number of aromatic nitrogens is 3. The molecule has 3 N–H and O–H groups in total. The lowest BCUT2D eigenvalue weighted by atomic mass is 10.2. The van der Waals surface area contributed by atoms with Gasteiger partial charge in [-0.25, -0.2) is 4.98 Å². The number of amides is 2. The van der Waals surface area contributed by atoms with E-state index >= 15 is 0 Å². The smallest absolute Gasteiger partial charge is 0.279 e. The molecule has 0 atom stereocenters. The number of rotatable bonds is 5. The normalized spacial score (nSPS) is 10.6. The summed E-state index contributed by atoms with van der Waals surface area (Å²) in [6.45, 7) is 0. The summed E-state index contributed by atoms with van der Waals surface area (Å²) in [7, 11) is 0. The predicted molar refractivity (Wildman–Crippen MR) is 121 cm³/mol. The van der Waals surface area contributed by atoms with Gasteiger partial charge in [0, 0.05) is 10.9 Å². The van der Waals surface area contributed by atoms with E-state index in [0.29, 0.717) is 20.2 Å². The van der Waals surface area contributed by atoms with Crippen LogP contribution in [0, 0.1) is 0 Å². The number of carbonyl (C=O) groups is 2. The summed E-state index contributed by atoms with van der Waals surface area (Å²) in [5.74, 6) is -0.649. The number of benzene rings is 2. The number of halogens is 2. The Kier molecular flexibility index (Phi) is 5.93. The fourth-order valence-corrected chi connectivity index (χ4v) is 4.01. The molecular weight excluding hydrogens is 490 g/mol. The van der Waals surface area contributed by atoms with Crippen molar-refractivity contribution in [3.8, 4) is 11.3 Å². The molecule has 0 fully saturated rings. The molecule has 10 heteroatoms. The third-order valence-corrected chi connectivity index (χ3v) is 5.93. The molecule has 4 rings (SSSR count). The Morgan fingerprint density at radius 1 is 1.00 bits per heavy atom. The molecule has 2 heterocycles. The van der Waals surface area contributed by atoms with E-state index in [1.165, 1.54) is 11.3 Å². The van der Waals surface area contributed by atoms with Crippen LogP contribution in [0.4, 0.5) is 10.9 Å². The number of hydrogen-bond acceptors (Lipinski definition) is 5. The highest BCUT2D eigenvalue weighted by molar-refractivity contribution is 9.10. The predicted octanol–water partition coefficient (Wildman–Crippen LogP) is 5.45. The van der Waals surface area contributed by atoms with E-state index in [4.69, 9.17) is 11.6 Å². The number of H-pyrrole nitrogens is 1. The van der Waals surface area contributed by atoms with Crippen LogP contribution in [0.5, 0.6) is 0 Å². The number of anilines is 2. The van der Waals surface area contributed by atoms with Crippen LogP contribution in [0.25, 0.3) is 11.3 Å². The van der Waals surface area contributed by atoms with Crippen LogP contribution in [-0.4, -0.2) is 27.0 Å². The molecule has 0 aliphatic carbocycles. The number of nitrogens with zero attached hydrogens (tertiary/aromatic N) is 2. The second-order valence-corrected chi connectivity index (χ2v) is 8.11. The second kappa shape index (κ2) is 8.78. The maximum Gasteiger partial charge on any atom is 0.279 e. The maximum absolute atomic E-state index is 12.6. The maximum atomic E-state index is 12.6. The standard InChI is InChI=1S/C20H13BrClN5O2S/c21-15-16(26-27-17(15)24-18(28)12-8-4-5-9-13(12)22)19(29)25-20-23-14(10-30-20)11-6-2-1-3-7-11/h1-10H,(H,23,25,29)(H2,24,26,27,28). The van der Waals surface area contributed by atoms with E-state index in [1.807, 2.05) is 35.7 Å². The average molecular weight is 503 g/mol. The van der Waals surface area contributed by atoms with Crippen molar-refractivity contribution in [3.63, 3.8) is 0 Å². The van der Waals surface area contributed by atoms with E-state index in [9.17, 15) is 9.59 Å². The van der Waals surface area contributed by atoms with Crippen LogP contribution in [0.1, 0.15) is 20.8 Å². The largest absolute Gasteiger partial charge is 0.306 e. The Morgan fingerprint density at radius 3 is 2.50 bits per heavy atom. The van der Waals surface area contributed by atoms with E-state index in [0.717, 1.165) is 11.3 Å². The molecule has 0 unspecified atom stereocenters. The Hall–Kier alpha value is -3.01. The first-order chi connectivity index (χ1) is 14.5. The number of thiazole rings is 1. The first kappa shape index (κ1) is 20.3. The Morgan fingerprint density at radius 2 is 1.73 bits per heavy atom. The van der Waals surface area contributed by atoms with Gasteiger partial charge in [-0.05, 0) is 28.1 Å². The quantitative estimate of drug-likeness (QED) is 0.338. The van der Waals surface area contributed by atoms with Crippen molar-refractivity contribution in [3.05, 3.63) is 80.7 Å². The first-order valence-corrected chi connectivity index (χ1v) is 10.7. The minimum Gasteiger partial charge on any atom is -0.306 e. The molecule has 0 spiro atoms. The highest BCUT2D eigenvalue weighted by atomic mass is 79.9. The highest BCUT2D eigenvalue weighted by Crippen LogP contribution is 2.28. The molecule has 150 valence electrons. The Labute approximate surface area is 188 Å². The van der Waals surface area contributed by atoms with Gasteiger partial charge in [-0.15, -0.1) is 11.3 Å². The molecule has 2 aromatic heterocycles. The number of aromatic amines is 1. The van der Waals surface area contributed by atoms with Crippen LogP contribution in [0.3, 0.4) is 0 Å². The molecule has 2 aromatic carbocycles. The molecule has 0 saturated heterocycles. The van der Waals surface area contributed by atoms with E-state index in [1.54, 1.807) is 24.3 Å². The van der Waals surface area contributed by atoms with Crippen LogP contribution < -0.4 is 10.6 Å². The monoisotopic (exact) mass is 501 g/mol. The van der Waals surface area contributed by atoms with Gasteiger partial charge < -0.3 is 5.32 Å². The molecule has 30 heavy (non-hydrogen) atoms. The minimum atomic E-state index is -0.467. The zero-order valence-corrected chi connectivity index (χ0v) is 18.3. The van der Waals surface area contributed by atoms with Crippen molar-refractivity contribution >= 4 is 61.6 Å². The SMILES string of the molecule is O=C(Nc1[nH]nc(C(=O)Nc2nc(-c3ccccc3)cs2)c1Br)c1ccccc1Cl. The van der Waals surface area contributed by atoms with Crippen LogP contribution in [0.2, 0.25) is 5.02 Å². The van der Waals surface area contributed by atoms with Gasteiger partial charge in [0.05, 0.1) is 20.8 Å². The molecule has 4 aromatic rings. The zero-order chi connectivity index (χ0) is 21.1. The first-order valence-electron chi connectivity index (χ1n) is 8.65. The number of carbonyl (C=O) groups excluding carboxylic acids is 2. The van der Waals surface area contributed by atoms with Crippen LogP contribution in [-0.2, 0) is 0 Å². The zero-order valence-electron chi connectivity index (χ0n) is 15.1. The molecule has 0 radical (unpaired) electrons. The summed E-state index contributed by atoms with van der Waals surface area (Å²) < 4.78 is 0.320. The average Bonchev–Trinajstić information content (AvgIpc) is 3.36. The summed E-state index contributed by atoms with van der Waals surface area (Å²) in [6, 6.07) is 16.3. The van der Waals surface area contributed by atoms with Gasteiger partial charge in [0.15, 0.2) is 10.8 Å². The number of nitrogens with one attached hydrogen (secondary N) is 3. The molecule has 0 aliphatic rings. The van der Waals surface area contributed by atoms with Gasteiger partial charge >= 0.3 is 0 Å². The minimum absolute atomic E-state index is 0.0842. The van der Waals surface area contributed by atoms with Gasteiger partial charge in [-0.2, -0.15) is 5.10 Å². The van der Waals surface area contributed by atoms with E-state index in [2.05, 4.69) is 41.7 Å². The van der Waals surface area contributed by atoms with Crippen molar-refractivity contribution in [2.24, 2.45) is 0 Å². The van der Waals surface area contributed by atoms with Crippen molar-refractivity contribution in [2.45, 2.75) is 0 Å². The molecule has 2 amide bonds. The van der Waals surface area contributed by atoms with Crippen LogP contribution >= 0.6 is 38.9 Å². The van der Waals surface area contributed by atoms with Crippen molar-refractivity contribution in [1.82, 2.24) is 15.2 Å². The summed E-state index contributed by atoms with van der Waals surface area (Å²) in [5, 5.41) is 14.6. The van der Waals surface area contributed by atoms with E-state index < -0.39 is 11.8 Å². The van der Waals surface area contributed by atoms with Gasteiger partial charge in [-0.1, -0.05) is 54.1 Å². The summed E-state index contributed by atoms with van der Waals surface area (Å²) in [4.78, 5) is 29.5. The van der Waals surface area contributed by atoms with E-state index in [-0.39, 0.29) is 11.5 Å². The molecular formula is C20H13BrClN5O2S. The fourth-order valence-electron chi connectivity index (χ4n) is 2.62. The molecule has 7 nitrogen and oxygen atoms in total. The third kappa shape index (κ3) is 4.28. The summed E-state index contributed by atoms with van der Waals surface area (Å²) in [6.07, 6.45) is 0. The van der Waals surface area contributed by atoms with Crippen molar-refractivity contribution in [1.29, 1.82) is 0 Å². The lowest BCUT2D eigenvalue weighted by molar-refractivity contribution is 0.101. The fraction of sp³-hybridized carbons (Fsp3) is 0. The summed E-state index contributed by atoms with van der Waals surface area (Å²) >= 11 is 10.7. The van der Waals surface area contributed by atoms with Gasteiger partial charge in [0.1, 0.15) is 5.82 Å². The third-order valence-electron chi connectivity index (χ3n) is 4.07. The van der Waals surface area contributed by atoms with Gasteiger partial charge in [0.25, 0.3) is 11.8 Å². The Bertz CT molecular complexity index is 1220. The van der Waals surface area contributed by atoms with Gasteiger partial charge in [-0.3, -0.25) is 20.0 Å². The molecule has 0 aliphatic heterocycles. The lowest BCUT2D eigenvalue weighted by Gasteiger charge is -2.05. The molecule has 0 saturated carbocycles. The highest BCUT2D eigenvalue weighted by Gasteiger charge is 2.21. The second-order valence-electron chi connectivity index (χ2n) is 6.05. The number of hydrogen-bond donors (Lipinski definition) is 3. The van der Waals surface area contributed by atoms with Crippen molar-refractivity contribution in [2.75, 3.05) is 10.6 Å². The van der Waals surface area contributed by atoms with Crippen LogP contribution in [0.15, 0.2) is 64.5 Å². The molecule has 0 bridgehead atoms. The van der Waals surface area contributed by atoms with Crippen molar-refractivity contribution < 1.29 is 9.59 Å². The Balaban J connectivity index is 1.47.